The fourth-order valence-electron chi connectivity index (χ4n) is 2.27. The molecule has 6 nitrogen and oxygen atoms in total. The van der Waals surface area contributed by atoms with Crippen LogP contribution in [0.15, 0.2) is 6.33 Å². The molecule has 0 saturated carbocycles. The van der Waals surface area contributed by atoms with Crippen LogP contribution in [0.25, 0.3) is 0 Å². The minimum absolute atomic E-state index is 0.102. The highest BCUT2D eigenvalue weighted by atomic mass is 16.2. The number of amides is 1. The molecule has 0 spiro atoms. The van der Waals surface area contributed by atoms with Gasteiger partial charge < -0.3 is 10.6 Å². The Balaban J connectivity index is 2.35. The topological polar surface area (TPSA) is 77.0 Å². The zero-order valence-corrected chi connectivity index (χ0v) is 9.63. The zero-order chi connectivity index (χ0) is 11.7. The SMILES string of the molecule is CCN1C(=O)C[C@H](N)[C@H]1c1ncnn1CC. The number of carbonyl (C=O) groups is 1. The van der Waals surface area contributed by atoms with E-state index in [1.807, 2.05) is 13.8 Å². The Morgan fingerprint density at radius 1 is 1.50 bits per heavy atom. The number of aryl methyl sites for hydroxylation is 1. The molecule has 0 unspecified atom stereocenters. The number of likely N-dealkylation sites (N-methyl/N-ethyl adjacent to an activating group) is 1. The van der Waals surface area contributed by atoms with E-state index in [9.17, 15) is 4.79 Å². The van der Waals surface area contributed by atoms with Crippen molar-refractivity contribution < 1.29 is 4.79 Å². The van der Waals surface area contributed by atoms with Crippen molar-refractivity contribution in [1.29, 1.82) is 0 Å². The first kappa shape index (κ1) is 11.1. The van der Waals surface area contributed by atoms with Crippen LogP contribution in [-0.4, -0.2) is 38.2 Å². The Morgan fingerprint density at radius 2 is 2.25 bits per heavy atom. The third kappa shape index (κ3) is 1.59. The van der Waals surface area contributed by atoms with E-state index >= 15 is 0 Å². The molecule has 1 amide bonds. The number of hydrogen-bond donors (Lipinski definition) is 1. The zero-order valence-electron chi connectivity index (χ0n) is 9.63. The minimum Gasteiger partial charge on any atom is -0.331 e. The van der Waals surface area contributed by atoms with Crippen LogP contribution < -0.4 is 5.73 Å². The molecule has 0 radical (unpaired) electrons. The lowest BCUT2D eigenvalue weighted by Crippen LogP contribution is -2.35. The fourth-order valence-corrected chi connectivity index (χ4v) is 2.27. The summed E-state index contributed by atoms with van der Waals surface area (Å²) in [7, 11) is 0. The van der Waals surface area contributed by atoms with Crippen LogP contribution in [0.5, 0.6) is 0 Å². The van der Waals surface area contributed by atoms with Crippen LogP contribution in [0, 0.1) is 0 Å². The average molecular weight is 223 g/mol. The number of likely N-dealkylation sites (tertiary alicyclic amines) is 1. The van der Waals surface area contributed by atoms with Crippen molar-refractivity contribution in [2.24, 2.45) is 5.73 Å². The van der Waals surface area contributed by atoms with Gasteiger partial charge in [0.15, 0.2) is 5.82 Å². The summed E-state index contributed by atoms with van der Waals surface area (Å²) in [6, 6.07) is -0.304. The number of hydrogen-bond acceptors (Lipinski definition) is 4. The molecule has 0 aromatic carbocycles. The van der Waals surface area contributed by atoms with E-state index in [-0.39, 0.29) is 18.0 Å². The number of nitrogens with zero attached hydrogens (tertiary/aromatic N) is 4. The van der Waals surface area contributed by atoms with Gasteiger partial charge in [-0.15, -0.1) is 0 Å². The second kappa shape index (κ2) is 4.21. The van der Waals surface area contributed by atoms with E-state index in [0.717, 1.165) is 12.4 Å². The largest absolute Gasteiger partial charge is 0.331 e. The summed E-state index contributed by atoms with van der Waals surface area (Å²) in [4.78, 5) is 17.7. The lowest BCUT2D eigenvalue weighted by atomic mass is 10.1. The normalized spacial score (nSPS) is 25.4. The van der Waals surface area contributed by atoms with Crippen LogP contribution in [0.3, 0.4) is 0 Å². The summed E-state index contributed by atoms with van der Waals surface area (Å²) >= 11 is 0. The second-order valence-corrected chi connectivity index (χ2v) is 3.93. The average Bonchev–Trinajstić information content (AvgIpc) is 2.81. The number of carbonyl (C=O) groups excluding carboxylic acids is 1. The summed E-state index contributed by atoms with van der Waals surface area (Å²) in [6.07, 6.45) is 1.91. The van der Waals surface area contributed by atoms with E-state index in [1.54, 1.807) is 9.58 Å². The minimum atomic E-state index is -0.179. The highest BCUT2D eigenvalue weighted by Crippen LogP contribution is 2.30. The molecule has 1 aromatic heterocycles. The highest BCUT2D eigenvalue weighted by Gasteiger charge is 2.40. The van der Waals surface area contributed by atoms with Crippen LogP contribution in [0.1, 0.15) is 32.1 Å². The van der Waals surface area contributed by atoms with Crippen LogP contribution >= 0.6 is 0 Å². The predicted molar refractivity (Wildman–Crippen MR) is 58.4 cm³/mol. The summed E-state index contributed by atoms with van der Waals surface area (Å²) < 4.78 is 1.80. The Hall–Kier alpha value is -1.43. The lowest BCUT2D eigenvalue weighted by Gasteiger charge is -2.24. The number of aromatic nitrogens is 3. The van der Waals surface area contributed by atoms with Gasteiger partial charge in [-0.05, 0) is 13.8 Å². The molecule has 6 heteroatoms. The summed E-state index contributed by atoms with van der Waals surface area (Å²) in [5.41, 5.74) is 6.01. The molecule has 2 heterocycles. The van der Waals surface area contributed by atoms with Crippen molar-refractivity contribution in [3.05, 3.63) is 12.2 Å². The number of rotatable bonds is 3. The van der Waals surface area contributed by atoms with E-state index in [2.05, 4.69) is 10.1 Å². The van der Waals surface area contributed by atoms with Gasteiger partial charge in [-0.1, -0.05) is 0 Å². The van der Waals surface area contributed by atoms with Gasteiger partial charge in [0, 0.05) is 25.6 Å². The van der Waals surface area contributed by atoms with Crippen LogP contribution in [0.2, 0.25) is 0 Å². The fraction of sp³-hybridized carbons (Fsp3) is 0.700. The van der Waals surface area contributed by atoms with Crippen molar-refractivity contribution in [2.45, 2.75) is 38.9 Å². The first-order valence-electron chi connectivity index (χ1n) is 5.61. The van der Waals surface area contributed by atoms with Crippen LogP contribution in [0.4, 0.5) is 0 Å². The Morgan fingerprint density at radius 3 is 2.88 bits per heavy atom. The van der Waals surface area contributed by atoms with Crippen molar-refractivity contribution in [1.82, 2.24) is 19.7 Å². The molecule has 1 fully saturated rings. The van der Waals surface area contributed by atoms with Crippen molar-refractivity contribution in [2.75, 3.05) is 6.54 Å². The van der Waals surface area contributed by atoms with Gasteiger partial charge in [0.25, 0.3) is 0 Å². The van der Waals surface area contributed by atoms with Gasteiger partial charge in [-0.25, -0.2) is 9.67 Å². The van der Waals surface area contributed by atoms with E-state index < -0.39 is 0 Å². The molecule has 2 rings (SSSR count). The van der Waals surface area contributed by atoms with Crippen molar-refractivity contribution >= 4 is 5.91 Å². The Labute approximate surface area is 94.4 Å². The van der Waals surface area contributed by atoms with E-state index in [4.69, 9.17) is 5.73 Å². The van der Waals surface area contributed by atoms with Gasteiger partial charge in [0.05, 0.1) is 0 Å². The number of nitrogens with two attached hydrogens (primary N) is 1. The first-order valence-corrected chi connectivity index (χ1v) is 5.61. The smallest absolute Gasteiger partial charge is 0.224 e. The Bertz CT molecular complexity index is 388. The highest BCUT2D eigenvalue weighted by molar-refractivity contribution is 5.80. The van der Waals surface area contributed by atoms with Gasteiger partial charge in [-0.3, -0.25) is 4.79 Å². The van der Waals surface area contributed by atoms with Crippen molar-refractivity contribution in [3.8, 4) is 0 Å². The molecule has 1 aliphatic heterocycles. The second-order valence-electron chi connectivity index (χ2n) is 3.93. The monoisotopic (exact) mass is 223 g/mol. The molecule has 0 aliphatic carbocycles. The maximum absolute atomic E-state index is 11.7. The molecule has 2 atom stereocenters. The quantitative estimate of drug-likeness (QED) is 0.777. The van der Waals surface area contributed by atoms with Crippen LogP contribution in [-0.2, 0) is 11.3 Å². The Kier molecular flexibility index (Phi) is 2.91. The van der Waals surface area contributed by atoms with Gasteiger partial charge in [0.1, 0.15) is 12.4 Å². The summed E-state index contributed by atoms with van der Waals surface area (Å²) in [5, 5.41) is 4.12. The van der Waals surface area contributed by atoms with Crippen molar-refractivity contribution in [3.63, 3.8) is 0 Å². The molecule has 1 aliphatic rings. The maximum atomic E-state index is 11.7. The lowest BCUT2D eigenvalue weighted by molar-refractivity contribution is -0.128. The van der Waals surface area contributed by atoms with Gasteiger partial charge >= 0.3 is 0 Å². The van der Waals surface area contributed by atoms with Gasteiger partial charge in [-0.2, -0.15) is 5.10 Å². The molecular weight excluding hydrogens is 206 g/mol. The molecule has 1 saturated heterocycles. The van der Waals surface area contributed by atoms with Gasteiger partial charge in [0.2, 0.25) is 5.91 Å². The molecule has 0 bridgehead atoms. The maximum Gasteiger partial charge on any atom is 0.224 e. The van der Waals surface area contributed by atoms with E-state index in [0.29, 0.717) is 13.0 Å². The summed E-state index contributed by atoms with van der Waals surface area (Å²) in [5.74, 6) is 0.897. The van der Waals surface area contributed by atoms with E-state index in [1.165, 1.54) is 6.33 Å². The standard InChI is InChI=1S/C10H17N5O/c1-3-14-8(16)5-7(11)9(14)10-12-6-13-15(10)4-2/h6-7,9H,3-5,11H2,1-2H3/t7-,9-/m0/s1. The summed E-state index contributed by atoms with van der Waals surface area (Å²) in [6.45, 7) is 5.35. The molecular formula is C10H17N5O. The first-order chi connectivity index (χ1) is 7.69. The molecule has 1 aromatic rings. The molecule has 16 heavy (non-hydrogen) atoms. The third-order valence-corrected chi connectivity index (χ3v) is 3.02. The predicted octanol–water partition coefficient (Wildman–Crippen LogP) is -0.0814. The molecule has 2 N–H and O–H groups in total. The molecule has 88 valence electrons. The third-order valence-electron chi connectivity index (χ3n) is 3.02.